The van der Waals surface area contributed by atoms with Gasteiger partial charge in [-0.1, -0.05) is 11.6 Å². The van der Waals surface area contributed by atoms with Gasteiger partial charge in [-0.2, -0.15) is 5.26 Å². The number of rotatable bonds is 3. The summed E-state index contributed by atoms with van der Waals surface area (Å²) in [5.41, 5.74) is 0.784. The minimum absolute atomic E-state index is 0.199. The minimum Gasteiger partial charge on any atom is -0.312 e. The monoisotopic (exact) mass is 252 g/mol. The summed E-state index contributed by atoms with van der Waals surface area (Å²) in [5.74, 6) is -0.279. The Morgan fingerprint density at radius 2 is 2.18 bits per heavy atom. The zero-order valence-electron chi connectivity index (χ0n) is 9.85. The summed E-state index contributed by atoms with van der Waals surface area (Å²) in [6.45, 7) is 1.68. The van der Waals surface area contributed by atoms with Crippen molar-refractivity contribution in [3.05, 3.63) is 34.1 Å². The van der Waals surface area contributed by atoms with Crippen LogP contribution in [-0.2, 0) is 0 Å². The fraction of sp³-hybridized carbons (Fsp3) is 0.462. The van der Waals surface area contributed by atoms with Gasteiger partial charge in [0.05, 0.1) is 17.5 Å². The van der Waals surface area contributed by atoms with Gasteiger partial charge in [0.1, 0.15) is 5.82 Å². The molecule has 1 unspecified atom stereocenters. The molecule has 0 saturated heterocycles. The average Bonchev–Trinajstić information content (AvgIpc) is 3.07. The van der Waals surface area contributed by atoms with Crippen LogP contribution in [-0.4, -0.2) is 7.05 Å². The van der Waals surface area contributed by atoms with E-state index in [1.807, 2.05) is 0 Å². The Balaban J connectivity index is 2.45. The molecule has 0 aliphatic heterocycles. The maximum atomic E-state index is 13.6. The molecule has 1 N–H and O–H groups in total. The summed E-state index contributed by atoms with van der Waals surface area (Å²) < 4.78 is 13.6. The first-order chi connectivity index (χ1) is 8.04. The topological polar surface area (TPSA) is 35.8 Å². The maximum Gasteiger partial charge on any atom is 0.126 e. The van der Waals surface area contributed by atoms with Gasteiger partial charge < -0.3 is 5.32 Å². The van der Waals surface area contributed by atoms with Gasteiger partial charge in [-0.3, -0.25) is 0 Å². The molecule has 1 aliphatic carbocycles. The van der Waals surface area contributed by atoms with Crippen LogP contribution in [0.25, 0.3) is 0 Å². The van der Waals surface area contributed by atoms with Gasteiger partial charge in [0.2, 0.25) is 0 Å². The summed E-state index contributed by atoms with van der Waals surface area (Å²) in [4.78, 5) is 0. The van der Waals surface area contributed by atoms with E-state index in [0.29, 0.717) is 16.1 Å². The van der Waals surface area contributed by atoms with E-state index in [4.69, 9.17) is 11.6 Å². The molecule has 0 aromatic heterocycles. The third-order valence-electron chi connectivity index (χ3n) is 3.44. The summed E-state index contributed by atoms with van der Waals surface area (Å²) in [5, 5.41) is 12.8. The van der Waals surface area contributed by atoms with Crippen molar-refractivity contribution in [1.82, 2.24) is 5.32 Å². The van der Waals surface area contributed by atoms with Crippen LogP contribution >= 0.6 is 11.6 Å². The molecule has 0 bridgehead atoms. The maximum absolute atomic E-state index is 13.6. The fourth-order valence-corrected chi connectivity index (χ4v) is 2.54. The fourth-order valence-electron chi connectivity index (χ4n) is 2.21. The van der Waals surface area contributed by atoms with Crippen molar-refractivity contribution < 1.29 is 4.39 Å². The van der Waals surface area contributed by atoms with E-state index < -0.39 is 5.41 Å². The number of hydrogen-bond donors (Lipinski definition) is 1. The largest absolute Gasteiger partial charge is 0.312 e. The van der Waals surface area contributed by atoms with Crippen LogP contribution in [0.4, 0.5) is 4.39 Å². The van der Waals surface area contributed by atoms with Crippen molar-refractivity contribution in [1.29, 1.82) is 5.26 Å². The Morgan fingerprint density at radius 3 is 2.65 bits per heavy atom. The molecule has 1 atom stereocenters. The van der Waals surface area contributed by atoms with Gasteiger partial charge >= 0.3 is 0 Å². The van der Waals surface area contributed by atoms with Crippen LogP contribution in [0.1, 0.15) is 30.0 Å². The summed E-state index contributed by atoms with van der Waals surface area (Å²) in [7, 11) is 1.77. The van der Waals surface area contributed by atoms with Crippen LogP contribution in [0.2, 0.25) is 5.02 Å². The van der Waals surface area contributed by atoms with Gasteiger partial charge in [0, 0.05) is 5.02 Å². The van der Waals surface area contributed by atoms with E-state index in [1.165, 1.54) is 6.07 Å². The highest BCUT2D eigenvalue weighted by Crippen LogP contribution is 2.55. The van der Waals surface area contributed by atoms with Crippen molar-refractivity contribution >= 4 is 11.6 Å². The molecule has 0 heterocycles. The molecule has 0 radical (unpaired) electrons. The second kappa shape index (κ2) is 4.29. The van der Waals surface area contributed by atoms with Crippen LogP contribution in [0.15, 0.2) is 12.1 Å². The Labute approximate surface area is 105 Å². The van der Waals surface area contributed by atoms with Gasteiger partial charge in [-0.15, -0.1) is 0 Å². The van der Waals surface area contributed by atoms with E-state index in [9.17, 15) is 9.65 Å². The van der Waals surface area contributed by atoms with Crippen LogP contribution in [0.3, 0.4) is 0 Å². The number of nitriles is 1. The van der Waals surface area contributed by atoms with Crippen molar-refractivity contribution in [2.24, 2.45) is 5.41 Å². The molecule has 1 aromatic rings. The van der Waals surface area contributed by atoms with E-state index in [0.717, 1.165) is 12.8 Å². The Morgan fingerprint density at radius 1 is 1.53 bits per heavy atom. The second-order valence-corrected chi connectivity index (χ2v) is 5.02. The lowest BCUT2D eigenvalue weighted by molar-refractivity contribution is 0.441. The van der Waals surface area contributed by atoms with E-state index >= 15 is 0 Å². The Kier molecular flexibility index (Phi) is 3.11. The summed E-state index contributed by atoms with van der Waals surface area (Å²) in [6.07, 6.45) is 1.67. The summed E-state index contributed by atoms with van der Waals surface area (Å²) in [6, 6.07) is 5.18. The predicted molar refractivity (Wildman–Crippen MR) is 65.2 cm³/mol. The molecule has 1 saturated carbocycles. The van der Waals surface area contributed by atoms with Gasteiger partial charge in [-0.05, 0) is 50.1 Å². The first-order valence-electron chi connectivity index (χ1n) is 5.58. The van der Waals surface area contributed by atoms with Crippen molar-refractivity contribution in [2.45, 2.75) is 25.8 Å². The Hall–Kier alpha value is -1.11. The van der Waals surface area contributed by atoms with Gasteiger partial charge in [0.25, 0.3) is 0 Å². The zero-order valence-corrected chi connectivity index (χ0v) is 10.6. The van der Waals surface area contributed by atoms with Crippen molar-refractivity contribution in [2.75, 3.05) is 7.05 Å². The molecule has 17 heavy (non-hydrogen) atoms. The molecule has 2 nitrogen and oxygen atoms in total. The third kappa shape index (κ3) is 2.03. The number of halogens is 2. The van der Waals surface area contributed by atoms with E-state index in [2.05, 4.69) is 11.4 Å². The van der Waals surface area contributed by atoms with E-state index in [1.54, 1.807) is 20.0 Å². The number of nitrogens with one attached hydrogen (secondary N) is 1. The zero-order chi connectivity index (χ0) is 12.6. The Bertz CT molecular complexity index is 489. The molecule has 4 heteroatoms. The van der Waals surface area contributed by atoms with E-state index in [-0.39, 0.29) is 11.9 Å². The highest BCUT2D eigenvalue weighted by molar-refractivity contribution is 6.31. The van der Waals surface area contributed by atoms with Gasteiger partial charge in [0.15, 0.2) is 0 Å². The SMILES string of the molecule is CNC(c1cc(F)c(C)cc1Cl)C1(C#N)CC1. The first-order valence-corrected chi connectivity index (χ1v) is 5.96. The smallest absolute Gasteiger partial charge is 0.126 e. The number of hydrogen-bond acceptors (Lipinski definition) is 2. The molecular weight excluding hydrogens is 239 g/mol. The quantitative estimate of drug-likeness (QED) is 0.896. The molecule has 0 amide bonds. The van der Waals surface area contributed by atoms with Crippen molar-refractivity contribution in [3.8, 4) is 6.07 Å². The minimum atomic E-state index is -0.417. The van der Waals surface area contributed by atoms with Crippen LogP contribution in [0.5, 0.6) is 0 Å². The lowest BCUT2D eigenvalue weighted by atomic mass is 9.90. The molecule has 1 fully saturated rings. The molecule has 0 spiro atoms. The number of benzene rings is 1. The molecule has 1 aliphatic rings. The third-order valence-corrected chi connectivity index (χ3v) is 3.77. The normalized spacial score (nSPS) is 18.5. The molecule has 2 rings (SSSR count). The summed E-state index contributed by atoms with van der Waals surface area (Å²) >= 11 is 6.15. The molecule has 90 valence electrons. The average molecular weight is 253 g/mol. The molecular formula is C13H14ClFN2. The lowest BCUT2D eigenvalue weighted by Gasteiger charge is -2.22. The highest BCUT2D eigenvalue weighted by Gasteiger charge is 2.50. The molecule has 1 aromatic carbocycles. The number of nitrogens with zero attached hydrogens (tertiary/aromatic N) is 1. The lowest BCUT2D eigenvalue weighted by Crippen LogP contribution is -2.26. The predicted octanol–water partition coefficient (Wildman–Crippen LogP) is 3.35. The van der Waals surface area contributed by atoms with Crippen molar-refractivity contribution in [3.63, 3.8) is 0 Å². The van der Waals surface area contributed by atoms with Crippen LogP contribution in [0, 0.1) is 29.5 Å². The standard InChI is InChI=1S/C13H14ClFN2/c1-8-5-10(14)9(6-11(8)15)12(17-2)13(7-16)3-4-13/h5-6,12,17H,3-4H2,1-2H3. The highest BCUT2D eigenvalue weighted by atomic mass is 35.5. The van der Waals surface area contributed by atoms with Gasteiger partial charge in [-0.25, -0.2) is 4.39 Å². The first kappa shape index (κ1) is 12.3. The number of aryl methyl sites for hydroxylation is 1. The second-order valence-electron chi connectivity index (χ2n) is 4.61. The van der Waals surface area contributed by atoms with Crippen LogP contribution < -0.4 is 5.32 Å².